The maximum absolute atomic E-state index is 13.4. The van der Waals surface area contributed by atoms with E-state index in [9.17, 15) is 4.79 Å². The number of nitrogens with two attached hydrogens (primary N) is 1. The number of benzene rings is 1. The van der Waals surface area contributed by atoms with Crippen molar-refractivity contribution in [2.45, 2.75) is 13.5 Å². The molecule has 10 heteroatoms. The van der Waals surface area contributed by atoms with E-state index in [1.807, 2.05) is 54.0 Å². The third kappa shape index (κ3) is 5.01. The van der Waals surface area contributed by atoms with Gasteiger partial charge in [0.15, 0.2) is 0 Å². The molecule has 0 radical (unpaired) electrons. The summed E-state index contributed by atoms with van der Waals surface area (Å²) in [6, 6.07) is 13.4. The van der Waals surface area contributed by atoms with Gasteiger partial charge in [-0.2, -0.15) is 0 Å². The normalized spacial score (nSPS) is 13.7. The summed E-state index contributed by atoms with van der Waals surface area (Å²) in [4.78, 5) is 31.4. The third-order valence-electron chi connectivity index (χ3n) is 7.23. The first-order valence-electron chi connectivity index (χ1n) is 13.3. The summed E-state index contributed by atoms with van der Waals surface area (Å²) in [7, 11) is 4.20. The monoisotopic (exact) mass is 536 g/mol. The zero-order chi connectivity index (χ0) is 27.8. The molecule has 1 aromatic carbocycles. The van der Waals surface area contributed by atoms with E-state index in [2.05, 4.69) is 39.2 Å². The molecule has 3 N–H and O–H groups in total. The summed E-state index contributed by atoms with van der Waals surface area (Å²) in [5.41, 5.74) is 12.1. The highest BCUT2D eigenvalue weighted by Crippen LogP contribution is 2.35. The van der Waals surface area contributed by atoms with Crippen molar-refractivity contribution >= 4 is 23.1 Å². The van der Waals surface area contributed by atoms with Gasteiger partial charge in [-0.25, -0.2) is 15.0 Å². The number of aryl methyl sites for hydroxylation is 1. The highest BCUT2D eigenvalue weighted by Gasteiger charge is 2.28. The first-order chi connectivity index (χ1) is 19.4. The Morgan fingerprint density at radius 1 is 1.15 bits per heavy atom. The van der Waals surface area contributed by atoms with Crippen LogP contribution in [0.2, 0.25) is 0 Å². The van der Waals surface area contributed by atoms with E-state index in [0.29, 0.717) is 28.6 Å². The predicted molar refractivity (Wildman–Crippen MR) is 155 cm³/mol. The maximum atomic E-state index is 13.4. The minimum absolute atomic E-state index is 0.278. The average Bonchev–Trinajstić information content (AvgIpc) is 3.59. The van der Waals surface area contributed by atoms with Crippen molar-refractivity contribution in [3.63, 3.8) is 0 Å². The Morgan fingerprint density at radius 2 is 2.00 bits per heavy atom. The summed E-state index contributed by atoms with van der Waals surface area (Å²) in [6.07, 6.45) is 6.92. The number of aromatic nitrogens is 4. The van der Waals surface area contributed by atoms with Gasteiger partial charge in [0.1, 0.15) is 17.7 Å². The minimum atomic E-state index is -0.278. The molecule has 6 rings (SSSR count). The summed E-state index contributed by atoms with van der Waals surface area (Å²) in [6.45, 7) is 5.33. The standard InChI is InChI=1S/C30H32N8O2/c1-19-13-33-27-8-7-21(18-38(19)27)23-11-25(26(31)12-24(23)30-32-9-10-40-30)29(39)34-14-22-5-4-6-28(35-22)37-16-20(17-37)15-36(2)3/h4-13,18,20H,14-17,31H2,1-3H3,(H,34,39). The van der Waals surface area contributed by atoms with Gasteiger partial charge in [-0.1, -0.05) is 6.07 Å². The second-order valence-electron chi connectivity index (χ2n) is 10.6. The van der Waals surface area contributed by atoms with Gasteiger partial charge < -0.3 is 29.7 Å². The summed E-state index contributed by atoms with van der Waals surface area (Å²) in [5.74, 6) is 1.73. The average molecular weight is 537 g/mol. The topological polar surface area (TPSA) is 118 Å². The second kappa shape index (κ2) is 10.5. The van der Waals surface area contributed by atoms with Crippen LogP contribution in [0.15, 0.2) is 71.7 Å². The highest BCUT2D eigenvalue weighted by molar-refractivity contribution is 6.02. The predicted octanol–water partition coefficient (Wildman–Crippen LogP) is 3.87. The second-order valence-corrected chi connectivity index (χ2v) is 10.6. The Labute approximate surface area is 232 Å². The quantitative estimate of drug-likeness (QED) is 0.287. The van der Waals surface area contributed by atoms with Crippen LogP contribution in [-0.4, -0.2) is 63.9 Å². The van der Waals surface area contributed by atoms with Crippen LogP contribution in [0.1, 0.15) is 21.7 Å². The van der Waals surface area contributed by atoms with Gasteiger partial charge >= 0.3 is 0 Å². The number of amides is 1. The van der Waals surface area contributed by atoms with Gasteiger partial charge in [-0.15, -0.1) is 0 Å². The lowest BCUT2D eigenvalue weighted by molar-refractivity contribution is 0.0951. The van der Waals surface area contributed by atoms with Gasteiger partial charge in [0.2, 0.25) is 5.89 Å². The Morgan fingerprint density at radius 3 is 2.77 bits per heavy atom. The van der Waals surface area contributed by atoms with Crippen LogP contribution in [0.5, 0.6) is 0 Å². The summed E-state index contributed by atoms with van der Waals surface area (Å²) < 4.78 is 7.61. The number of nitrogens with zero attached hydrogens (tertiary/aromatic N) is 6. The van der Waals surface area contributed by atoms with Gasteiger partial charge in [0.25, 0.3) is 5.91 Å². The Hall–Kier alpha value is -4.70. The van der Waals surface area contributed by atoms with Crippen molar-refractivity contribution in [2.24, 2.45) is 5.92 Å². The highest BCUT2D eigenvalue weighted by atomic mass is 16.3. The molecule has 0 atom stereocenters. The molecule has 1 aliphatic heterocycles. The van der Waals surface area contributed by atoms with E-state index in [0.717, 1.165) is 53.6 Å². The molecule has 40 heavy (non-hydrogen) atoms. The maximum Gasteiger partial charge on any atom is 0.253 e. The van der Waals surface area contributed by atoms with Crippen LogP contribution in [0.3, 0.4) is 0 Å². The summed E-state index contributed by atoms with van der Waals surface area (Å²) in [5, 5.41) is 3.00. The number of pyridine rings is 2. The Kier molecular flexibility index (Phi) is 6.69. The van der Waals surface area contributed by atoms with Crippen molar-refractivity contribution in [1.82, 2.24) is 29.6 Å². The minimum Gasteiger partial charge on any atom is -0.445 e. The van der Waals surface area contributed by atoms with Crippen LogP contribution in [0.25, 0.3) is 28.2 Å². The molecule has 1 fully saturated rings. The van der Waals surface area contributed by atoms with Crippen molar-refractivity contribution in [3.05, 3.63) is 84.3 Å². The molecule has 1 saturated heterocycles. The number of hydrogen-bond acceptors (Lipinski definition) is 8. The lowest BCUT2D eigenvalue weighted by atomic mass is 9.96. The fourth-order valence-electron chi connectivity index (χ4n) is 5.24. The number of anilines is 2. The smallest absolute Gasteiger partial charge is 0.253 e. The molecular formula is C30H32N8O2. The lowest BCUT2D eigenvalue weighted by Crippen LogP contribution is -2.51. The van der Waals surface area contributed by atoms with E-state index in [4.69, 9.17) is 15.1 Å². The number of oxazole rings is 1. The van der Waals surface area contributed by atoms with E-state index < -0.39 is 0 Å². The van der Waals surface area contributed by atoms with Crippen LogP contribution in [-0.2, 0) is 6.54 Å². The molecule has 1 amide bonds. The first kappa shape index (κ1) is 25.6. The van der Waals surface area contributed by atoms with Crippen molar-refractivity contribution in [2.75, 3.05) is 44.4 Å². The fraction of sp³-hybridized carbons (Fsp3) is 0.267. The fourth-order valence-corrected chi connectivity index (χ4v) is 5.24. The molecule has 5 aromatic rings. The van der Waals surface area contributed by atoms with Gasteiger partial charge in [0, 0.05) is 54.9 Å². The Balaban J connectivity index is 1.24. The number of nitrogens with one attached hydrogen (secondary N) is 1. The molecule has 0 unspecified atom stereocenters. The largest absolute Gasteiger partial charge is 0.445 e. The number of carbonyl (C=O) groups excluding carboxylic acids is 1. The number of nitrogen functional groups attached to an aromatic ring is 1. The van der Waals surface area contributed by atoms with E-state index in [1.165, 1.54) is 6.26 Å². The van der Waals surface area contributed by atoms with Crippen molar-refractivity contribution < 1.29 is 9.21 Å². The van der Waals surface area contributed by atoms with Crippen molar-refractivity contribution in [1.29, 1.82) is 0 Å². The van der Waals surface area contributed by atoms with Crippen LogP contribution < -0.4 is 16.0 Å². The van der Waals surface area contributed by atoms with Gasteiger partial charge in [-0.05, 0) is 68.5 Å². The molecule has 204 valence electrons. The van der Waals surface area contributed by atoms with Gasteiger partial charge in [0.05, 0.1) is 24.0 Å². The Bertz CT molecular complexity index is 1670. The van der Waals surface area contributed by atoms with Crippen molar-refractivity contribution in [3.8, 4) is 22.6 Å². The molecule has 4 aromatic heterocycles. The zero-order valence-electron chi connectivity index (χ0n) is 22.8. The number of rotatable bonds is 8. The lowest BCUT2D eigenvalue weighted by Gasteiger charge is -2.41. The van der Waals surface area contributed by atoms with E-state index in [-0.39, 0.29) is 12.5 Å². The molecular weight excluding hydrogens is 504 g/mol. The SMILES string of the molecule is Cc1cnc2ccc(-c3cc(C(=O)NCc4cccc(N5CC(CN(C)C)C5)n4)c(N)cc3-c3ncco3)cn12. The molecule has 10 nitrogen and oxygen atoms in total. The van der Waals surface area contributed by atoms with Gasteiger partial charge in [-0.3, -0.25) is 4.79 Å². The van der Waals surface area contributed by atoms with Crippen LogP contribution in [0.4, 0.5) is 11.5 Å². The third-order valence-corrected chi connectivity index (χ3v) is 7.23. The molecule has 5 heterocycles. The molecule has 0 bridgehead atoms. The van der Waals surface area contributed by atoms with Crippen LogP contribution >= 0.6 is 0 Å². The van der Waals surface area contributed by atoms with E-state index >= 15 is 0 Å². The first-order valence-corrected chi connectivity index (χ1v) is 13.3. The number of hydrogen-bond donors (Lipinski definition) is 2. The number of fused-ring (bicyclic) bond motifs is 1. The number of carbonyl (C=O) groups is 1. The molecule has 0 saturated carbocycles. The van der Waals surface area contributed by atoms with E-state index in [1.54, 1.807) is 18.3 Å². The molecule has 0 aliphatic carbocycles. The summed E-state index contributed by atoms with van der Waals surface area (Å²) >= 11 is 0. The molecule has 1 aliphatic rings. The molecule has 0 spiro atoms. The zero-order valence-corrected chi connectivity index (χ0v) is 22.8. The number of imidazole rings is 1. The van der Waals surface area contributed by atoms with Crippen LogP contribution in [0, 0.1) is 12.8 Å².